The molecule has 4 rings (SSSR count). The maximum absolute atomic E-state index is 12.6. The molecule has 26 heavy (non-hydrogen) atoms. The molecule has 130 valence electrons. The molecule has 6 heteroatoms. The molecule has 0 spiro atoms. The van der Waals surface area contributed by atoms with Gasteiger partial charge in [0.1, 0.15) is 5.69 Å². The molecule has 0 fully saturated rings. The van der Waals surface area contributed by atoms with Gasteiger partial charge >= 0.3 is 0 Å². The molecule has 4 nitrogen and oxygen atoms in total. The normalized spacial score (nSPS) is 13.8. The average Bonchev–Trinajstić information content (AvgIpc) is 2.75. The highest BCUT2D eigenvalue weighted by molar-refractivity contribution is 6.35. The van der Waals surface area contributed by atoms with Crippen LogP contribution in [0.4, 0.5) is 0 Å². The number of aromatic nitrogens is 1. The van der Waals surface area contributed by atoms with Crippen molar-refractivity contribution in [2.24, 2.45) is 0 Å². The van der Waals surface area contributed by atoms with E-state index in [1.165, 1.54) is 0 Å². The molecule has 0 bridgehead atoms. The quantitative estimate of drug-likeness (QED) is 0.647. The maximum atomic E-state index is 12.6. The molecule has 1 aliphatic heterocycles. The van der Waals surface area contributed by atoms with E-state index in [-0.39, 0.29) is 5.91 Å². The van der Waals surface area contributed by atoms with Gasteiger partial charge in [0, 0.05) is 34.1 Å². The van der Waals surface area contributed by atoms with Gasteiger partial charge in [-0.3, -0.25) is 4.79 Å². The Morgan fingerprint density at radius 1 is 1.15 bits per heavy atom. The zero-order valence-corrected chi connectivity index (χ0v) is 15.6. The number of carbonyl (C=O) groups is 1. The lowest BCUT2D eigenvalue weighted by Gasteiger charge is -2.11. The van der Waals surface area contributed by atoms with Crippen LogP contribution in [0.1, 0.15) is 28.0 Å². The smallest absolute Gasteiger partial charge is 0.268 e. The Morgan fingerprint density at radius 3 is 2.58 bits per heavy atom. The molecule has 0 atom stereocenters. The molecular weight excluding hydrogens is 369 g/mol. The average molecular weight is 384 g/mol. The monoisotopic (exact) mass is 383 g/mol. The summed E-state index contributed by atoms with van der Waals surface area (Å²) in [7, 11) is 0. The minimum atomic E-state index is -0.0789. The lowest BCUT2D eigenvalue weighted by Crippen LogP contribution is -2.23. The third-order valence-corrected chi connectivity index (χ3v) is 5.21. The zero-order chi connectivity index (χ0) is 18.4. The summed E-state index contributed by atoms with van der Waals surface area (Å²) < 4.78 is 2.05. The van der Waals surface area contributed by atoms with Crippen molar-refractivity contribution in [3.63, 3.8) is 0 Å². The van der Waals surface area contributed by atoms with E-state index in [4.69, 9.17) is 23.2 Å². The Balaban J connectivity index is 2.14. The first-order valence-electron chi connectivity index (χ1n) is 8.31. The van der Waals surface area contributed by atoms with Crippen LogP contribution in [0.2, 0.25) is 10.0 Å². The molecule has 0 saturated carbocycles. The first-order chi connectivity index (χ1) is 12.5. The topological polar surface area (TPSA) is 57.8 Å². The summed E-state index contributed by atoms with van der Waals surface area (Å²) in [5.74, 6) is -0.0789. The van der Waals surface area contributed by atoms with Crippen molar-refractivity contribution in [3.8, 4) is 17.2 Å². The van der Waals surface area contributed by atoms with Crippen molar-refractivity contribution in [2.45, 2.75) is 19.9 Å². The second-order valence-electron chi connectivity index (χ2n) is 6.42. The van der Waals surface area contributed by atoms with Crippen LogP contribution in [-0.2, 0) is 6.54 Å². The summed E-state index contributed by atoms with van der Waals surface area (Å²) in [6.45, 7) is 3.30. The SMILES string of the molecule is Cc1c2n(c3c(-c4cc(Cl)cc(Cl)c4)cc(C#N)cc13)CCCNC2=O. The number of carbonyl (C=O) groups excluding carboxylic acids is 1. The van der Waals surface area contributed by atoms with Crippen LogP contribution in [0.15, 0.2) is 30.3 Å². The number of rotatable bonds is 1. The number of aryl methyl sites for hydroxylation is 2. The standard InChI is InChI=1S/C20H15Cl2N3O/c1-11-16-5-12(10-23)6-17(13-7-14(21)9-15(22)8-13)19(16)25-4-2-3-24-20(26)18(11)25/h5-9H,2-4H2,1H3,(H,24,26). The third kappa shape index (κ3) is 2.65. The highest BCUT2D eigenvalue weighted by atomic mass is 35.5. The van der Waals surface area contributed by atoms with Crippen molar-refractivity contribution < 1.29 is 4.79 Å². The molecule has 1 aliphatic rings. The predicted molar refractivity (Wildman–Crippen MR) is 104 cm³/mol. The second kappa shape index (κ2) is 6.35. The summed E-state index contributed by atoms with van der Waals surface area (Å²) in [5, 5.41) is 14.4. The van der Waals surface area contributed by atoms with Gasteiger partial charge in [-0.05, 0) is 54.8 Å². The number of nitrogens with zero attached hydrogens (tertiary/aromatic N) is 2. The zero-order valence-electron chi connectivity index (χ0n) is 14.1. The molecule has 2 heterocycles. The van der Waals surface area contributed by atoms with Crippen LogP contribution in [0, 0.1) is 18.3 Å². The predicted octanol–water partition coefficient (Wildman–Crippen LogP) is 4.93. The maximum Gasteiger partial charge on any atom is 0.268 e. The van der Waals surface area contributed by atoms with Gasteiger partial charge in [0.2, 0.25) is 0 Å². The Labute approximate surface area is 160 Å². The fourth-order valence-electron chi connectivity index (χ4n) is 3.69. The van der Waals surface area contributed by atoms with Crippen LogP contribution < -0.4 is 5.32 Å². The number of hydrogen-bond acceptors (Lipinski definition) is 2. The minimum absolute atomic E-state index is 0.0789. The summed E-state index contributed by atoms with van der Waals surface area (Å²) in [4.78, 5) is 12.6. The first-order valence-corrected chi connectivity index (χ1v) is 9.07. The van der Waals surface area contributed by atoms with E-state index < -0.39 is 0 Å². The van der Waals surface area contributed by atoms with Gasteiger partial charge in [-0.15, -0.1) is 0 Å². The Kier molecular flexibility index (Phi) is 4.14. The van der Waals surface area contributed by atoms with Crippen LogP contribution >= 0.6 is 23.2 Å². The number of fused-ring (bicyclic) bond motifs is 3. The first kappa shape index (κ1) is 17.0. The van der Waals surface area contributed by atoms with Crippen LogP contribution in [0.25, 0.3) is 22.0 Å². The van der Waals surface area contributed by atoms with Gasteiger partial charge in [-0.2, -0.15) is 5.26 Å². The molecule has 0 radical (unpaired) electrons. The van der Waals surface area contributed by atoms with Crippen molar-refractivity contribution >= 4 is 40.0 Å². The van der Waals surface area contributed by atoms with E-state index in [0.717, 1.165) is 40.6 Å². The van der Waals surface area contributed by atoms with Crippen molar-refractivity contribution in [3.05, 3.63) is 57.2 Å². The number of amides is 1. The van der Waals surface area contributed by atoms with Crippen molar-refractivity contribution in [2.75, 3.05) is 6.54 Å². The van der Waals surface area contributed by atoms with E-state index in [9.17, 15) is 10.1 Å². The molecule has 0 unspecified atom stereocenters. The fraction of sp³-hybridized carbons (Fsp3) is 0.200. The lowest BCUT2D eigenvalue weighted by molar-refractivity contribution is 0.0951. The number of hydrogen-bond donors (Lipinski definition) is 1. The van der Waals surface area contributed by atoms with Gasteiger partial charge in [0.25, 0.3) is 5.91 Å². The van der Waals surface area contributed by atoms with Gasteiger partial charge in [-0.25, -0.2) is 0 Å². The molecule has 1 N–H and O–H groups in total. The van der Waals surface area contributed by atoms with E-state index in [1.54, 1.807) is 6.07 Å². The van der Waals surface area contributed by atoms with Crippen molar-refractivity contribution in [1.82, 2.24) is 9.88 Å². The highest BCUT2D eigenvalue weighted by Crippen LogP contribution is 2.37. The fourth-order valence-corrected chi connectivity index (χ4v) is 4.21. The number of nitrogens with one attached hydrogen (secondary N) is 1. The molecule has 1 aromatic heterocycles. The van der Waals surface area contributed by atoms with Gasteiger partial charge < -0.3 is 9.88 Å². The summed E-state index contributed by atoms with van der Waals surface area (Å²) in [5.41, 5.74) is 4.69. The Bertz CT molecular complexity index is 1090. The second-order valence-corrected chi connectivity index (χ2v) is 7.30. The summed E-state index contributed by atoms with van der Waals surface area (Å²) in [6.07, 6.45) is 0.845. The van der Waals surface area contributed by atoms with E-state index >= 15 is 0 Å². The molecule has 1 amide bonds. The van der Waals surface area contributed by atoms with Gasteiger partial charge in [0.05, 0.1) is 17.1 Å². The highest BCUT2D eigenvalue weighted by Gasteiger charge is 2.25. The lowest BCUT2D eigenvalue weighted by atomic mass is 9.98. The number of halogens is 2. The largest absolute Gasteiger partial charge is 0.351 e. The third-order valence-electron chi connectivity index (χ3n) is 4.77. The molecule has 0 aliphatic carbocycles. The summed E-state index contributed by atoms with van der Waals surface area (Å²) in [6, 6.07) is 11.2. The Hall–Kier alpha value is -2.48. The summed E-state index contributed by atoms with van der Waals surface area (Å²) >= 11 is 12.4. The van der Waals surface area contributed by atoms with Crippen LogP contribution in [0.3, 0.4) is 0 Å². The van der Waals surface area contributed by atoms with E-state index in [0.29, 0.717) is 27.8 Å². The van der Waals surface area contributed by atoms with Gasteiger partial charge in [-0.1, -0.05) is 23.2 Å². The van der Waals surface area contributed by atoms with E-state index in [1.807, 2.05) is 31.2 Å². The van der Waals surface area contributed by atoms with Gasteiger partial charge in [0.15, 0.2) is 0 Å². The number of nitriles is 1. The van der Waals surface area contributed by atoms with Crippen molar-refractivity contribution in [1.29, 1.82) is 5.26 Å². The molecular formula is C20H15Cl2N3O. The van der Waals surface area contributed by atoms with E-state index in [2.05, 4.69) is 16.0 Å². The van der Waals surface area contributed by atoms with Crippen LogP contribution in [0.5, 0.6) is 0 Å². The minimum Gasteiger partial charge on any atom is -0.351 e. The Morgan fingerprint density at radius 2 is 1.88 bits per heavy atom. The number of benzene rings is 2. The molecule has 0 saturated heterocycles. The molecule has 2 aromatic carbocycles. The van der Waals surface area contributed by atoms with Crippen LogP contribution in [-0.4, -0.2) is 17.0 Å². The molecule has 3 aromatic rings.